The number of aromatic nitrogens is 6. The van der Waals surface area contributed by atoms with Crippen molar-refractivity contribution in [2.45, 2.75) is 0 Å². The Balaban J connectivity index is 1.52. The Hall–Kier alpha value is -5.88. The molecule has 42 heavy (non-hydrogen) atoms. The topological polar surface area (TPSA) is 61.4 Å². The van der Waals surface area contributed by atoms with Crippen LogP contribution in [-0.2, 0) is 0 Å². The molecule has 0 saturated carbocycles. The number of hydrogen-bond donors (Lipinski definition) is 0. The lowest BCUT2D eigenvalue weighted by Gasteiger charge is -2.12. The van der Waals surface area contributed by atoms with Crippen LogP contribution in [0.5, 0.6) is 0 Å². The number of hydrogen-bond acceptors (Lipinski definition) is 4. The molecule has 0 aliphatic carbocycles. The summed E-state index contributed by atoms with van der Waals surface area (Å²) in [4.78, 5) is 19.4. The molecule has 9 aromatic rings. The van der Waals surface area contributed by atoms with Crippen LogP contribution >= 0.6 is 0 Å². The number of para-hydroxylation sites is 2. The SMILES string of the molecule is c1ccc(-c2ccnc(-n3c4ccc5nccnc5c4c4ccc5c6ccccc6n(-c6ccccc6)c5c43)n2)cc1. The maximum atomic E-state index is 5.14. The maximum Gasteiger partial charge on any atom is 0.235 e. The van der Waals surface area contributed by atoms with Crippen LogP contribution in [0.15, 0.2) is 134 Å². The highest BCUT2D eigenvalue weighted by Crippen LogP contribution is 2.42. The fourth-order valence-electron chi connectivity index (χ4n) is 6.35. The average Bonchev–Trinajstić information content (AvgIpc) is 3.59. The molecule has 0 N–H and O–H groups in total. The minimum atomic E-state index is 0.608. The fraction of sp³-hybridized carbons (Fsp3) is 0. The first-order valence-electron chi connectivity index (χ1n) is 13.9. The zero-order chi connectivity index (χ0) is 27.6. The molecule has 6 nitrogen and oxygen atoms in total. The van der Waals surface area contributed by atoms with E-state index in [2.05, 4.69) is 99.0 Å². The first-order chi connectivity index (χ1) is 20.9. The van der Waals surface area contributed by atoms with Crippen molar-refractivity contribution in [3.8, 4) is 22.9 Å². The zero-order valence-corrected chi connectivity index (χ0v) is 22.4. The summed E-state index contributed by atoms with van der Waals surface area (Å²) in [6.45, 7) is 0. The molecule has 0 radical (unpaired) electrons. The van der Waals surface area contributed by atoms with E-state index in [1.807, 2.05) is 36.5 Å². The van der Waals surface area contributed by atoms with Crippen molar-refractivity contribution < 1.29 is 0 Å². The van der Waals surface area contributed by atoms with Gasteiger partial charge in [0, 0.05) is 51.4 Å². The van der Waals surface area contributed by atoms with Crippen LogP contribution in [0, 0.1) is 0 Å². The van der Waals surface area contributed by atoms with Gasteiger partial charge in [-0.2, -0.15) is 0 Å². The van der Waals surface area contributed by atoms with Gasteiger partial charge in [0.25, 0.3) is 0 Å². The predicted octanol–water partition coefficient (Wildman–Crippen LogP) is 8.28. The molecule has 4 aromatic heterocycles. The Kier molecular flexibility index (Phi) is 4.80. The summed E-state index contributed by atoms with van der Waals surface area (Å²) >= 11 is 0. The van der Waals surface area contributed by atoms with Crippen LogP contribution in [-0.4, -0.2) is 29.1 Å². The molecule has 0 fully saturated rings. The molecule has 0 atom stereocenters. The molecule has 4 heterocycles. The van der Waals surface area contributed by atoms with Crippen molar-refractivity contribution >= 4 is 54.6 Å². The Morgan fingerprint density at radius 2 is 1.21 bits per heavy atom. The van der Waals surface area contributed by atoms with Gasteiger partial charge in [0.15, 0.2) is 0 Å². The summed E-state index contributed by atoms with van der Waals surface area (Å²) in [6, 6.07) is 39.9. The third-order valence-corrected chi connectivity index (χ3v) is 8.09. The first-order valence-corrected chi connectivity index (χ1v) is 13.9. The van der Waals surface area contributed by atoms with Crippen LogP contribution in [0.3, 0.4) is 0 Å². The van der Waals surface area contributed by atoms with Gasteiger partial charge in [0.1, 0.15) is 0 Å². The predicted molar refractivity (Wildman–Crippen MR) is 169 cm³/mol. The van der Waals surface area contributed by atoms with Crippen molar-refractivity contribution in [3.63, 3.8) is 0 Å². The summed E-state index contributed by atoms with van der Waals surface area (Å²) in [5.74, 6) is 0.608. The molecule has 0 aliphatic rings. The fourth-order valence-corrected chi connectivity index (χ4v) is 6.35. The quantitative estimate of drug-likeness (QED) is 0.227. The van der Waals surface area contributed by atoms with E-state index in [-0.39, 0.29) is 0 Å². The number of nitrogens with zero attached hydrogens (tertiary/aromatic N) is 6. The van der Waals surface area contributed by atoms with Crippen LogP contribution < -0.4 is 0 Å². The Bertz CT molecular complexity index is 2460. The number of benzene rings is 5. The summed E-state index contributed by atoms with van der Waals surface area (Å²) in [6.07, 6.45) is 5.35. The Morgan fingerprint density at radius 1 is 0.476 bits per heavy atom. The van der Waals surface area contributed by atoms with E-state index >= 15 is 0 Å². The van der Waals surface area contributed by atoms with Crippen LogP contribution in [0.2, 0.25) is 0 Å². The van der Waals surface area contributed by atoms with Crippen molar-refractivity contribution in [2.24, 2.45) is 0 Å². The van der Waals surface area contributed by atoms with E-state index in [1.54, 1.807) is 12.4 Å². The normalized spacial score (nSPS) is 11.8. The lowest BCUT2D eigenvalue weighted by Crippen LogP contribution is -2.03. The largest absolute Gasteiger partial charge is 0.307 e. The van der Waals surface area contributed by atoms with E-state index in [1.165, 1.54) is 10.8 Å². The van der Waals surface area contributed by atoms with E-state index in [9.17, 15) is 0 Å². The standard InChI is InChI=1S/C36H22N6/c1-3-9-23(10-4-1)28-19-20-39-36(40-28)42-31-18-17-29-33(38-22-21-37-29)32(31)27-16-15-26-25-13-7-8-14-30(25)41(34(26)35(27)42)24-11-5-2-6-12-24/h1-22H. The summed E-state index contributed by atoms with van der Waals surface area (Å²) in [5.41, 5.74) is 8.98. The number of fused-ring (bicyclic) bond motifs is 9. The molecule has 196 valence electrons. The van der Waals surface area contributed by atoms with Gasteiger partial charge < -0.3 is 4.57 Å². The lowest BCUT2D eigenvalue weighted by atomic mass is 10.1. The third-order valence-electron chi connectivity index (χ3n) is 8.09. The smallest absolute Gasteiger partial charge is 0.235 e. The number of rotatable bonds is 3. The molecule has 0 unspecified atom stereocenters. The van der Waals surface area contributed by atoms with Gasteiger partial charge >= 0.3 is 0 Å². The van der Waals surface area contributed by atoms with Crippen LogP contribution in [0.1, 0.15) is 0 Å². The van der Waals surface area contributed by atoms with Gasteiger partial charge in [0.05, 0.1) is 38.8 Å². The van der Waals surface area contributed by atoms with E-state index in [0.717, 1.165) is 60.8 Å². The molecule has 9 rings (SSSR count). The summed E-state index contributed by atoms with van der Waals surface area (Å²) in [7, 11) is 0. The highest BCUT2D eigenvalue weighted by Gasteiger charge is 2.23. The molecule has 5 aromatic carbocycles. The van der Waals surface area contributed by atoms with Crippen molar-refractivity contribution in [3.05, 3.63) is 134 Å². The minimum Gasteiger partial charge on any atom is -0.307 e. The molecule has 0 spiro atoms. The lowest BCUT2D eigenvalue weighted by molar-refractivity contribution is 0.991. The second kappa shape index (κ2) is 8.81. The van der Waals surface area contributed by atoms with Gasteiger partial charge in [-0.1, -0.05) is 78.9 Å². The summed E-state index contributed by atoms with van der Waals surface area (Å²) < 4.78 is 4.56. The van der Waals surface area contributed by atoms with Crippen molar-refractivity contribution in [1.29, 1.82) is 0 Å². The van der Waals surface area contributed by atoms with Crippen LogP contribution in [0.4, 0.5) is 0 Å². The maximum absolute atomic E-state index is 5.14. The van der Waals surface area contributed by atoms with Gasteiger partial charge in [-0.3, -0.25) is 14.5 Å². The van der Waals surface area contributed by atoms with Gasteiger partial charge in [0.2, 0.25) is 5.95 Å². The Morgan fingerprint density at radius 3 is 2.10 bits per heavy atom. The van der Waals surface area contributed by atoms with Crippen molar-refractivity contribution in [2.75, 3.05) is 0 Å². The highest BCUT2D eigenvalue weighted by molar-refractivity contribution is 6.27. The molecular weight excluding hydrogens is 516 g/mol. The van der Waals surface area contributed by atoms with Gasteiger partial charge in [-0.25, -0.2) is 9.97 Å². The average molecular weight is 539 g/mol. The minimum absolute atomic E-state index is 0.608. The molecule has 0 bridgehead atoms. The van der Waals surface area contributed by atoms with Gasteiger partial charge in [-0.05, 0) is 36.4 Å². The molecule has 0 aliphatic heterocycles. The monoisotopic (exact) mass is 538 g/mol. The Labute approximate surface area is 240 Å². The molecule has 0 saturated heterocycles. The second-order valence-corrected chi connectivity index (χ2v) is 10.4. The first kappa shape index (κ1) is 22.9. The van der Waals surface area contributed by atoms with Crippen molar-refractivity contribution in [1.82, 2.24) is 29.1 Å². The molecule has 0 amide bonds. The third kappa shape index (κ3) is 3.20. The molecule has 6 heteroatoms. The zero-order valence-electron chi connectivity index (χ0n) is 22.4. The molecular formula is C36H22N6. The van der Waals surface area contributed by atoms with Crippen LogP contribution in [0.25, 0.3) is 77.5 Å². The van der Waals surface area contributed by atoms with E-state index in [0.29, 0.717) is 5.95 Å². The van der Waals surface area contributed by atoms with E-state index < -0.39 is 0 Å². The highest BCUT2D eigenvalue weighted by atomic mass is 15.2. The summed E-state index contributed by atoms with van der Waals surface area (Å²) in [5, 5.41) is 4.48. The second-order valence-electron chi connectivity index (χ2n) is 10.4. The van der Waals surface area contributed by atoms with Gasteiger partial charge in [-0.15, -0.1) is 0 Å². The van der Waals surface area contributed by atoms with E-state index in [4.69, 9.17) is 15.0 Å².